The largest absolute Gasteiger partial charge is 0.368 e. The Morgan fingerprint density at radius 3 is 2.64 bits per heavy atom. The van der Waals surface area contributed by atoms with Crippen LogP contribution < -0.4 is 16.4 Å². The molecule has 0 radical (unpaired) electrons. The molecular weight excluding hydrogens is 564 g/mol. The number of aromatic amines is 1. The molecule has 11 nitrogen and oxygen atoms in total. The lowest BCUT2D eigenvalue weighted by molar-refractivity contribution is -0.154. The van der Waals surface area contributed by atoms with E-state index in [0.717, 1.165) is 41.7 Å². The number of rotatable bonds is 6. The lowest BCUT2D eigenvalue weighted by atomic mass is 9.72. The number of carbonyl (C=O) groups is 2. The van der Waals surface area contributed by atoms with Gasteiger partial charge in [-0.05, 0) is 62.9 Å². The maximum Gasteiger partial charge on any atom is 0.364 e. The van der Waals surface area contributed by atoms with Gasteiger partial charge in [0.25, 0.3) is 11.8 Å². The zero-order valence-corrected chi connectivity index (χ0v) is 24.9. The van der Waals surface area contributed by atoms with Gasteiger partial charge in [0, 0.05) is 48.4 Å². The van der Waals surface area contributed by atoms with Crippen molar-refractivity contribution in [3.63, 3.8) is 0 Å². The number of aromatic nitrogens is 2. The number of nitrogens with zero attached hydrogens (tertiary/aromatic N) is 5. The third-order valence-corrected chi connectivity index (χ3v) is 9.36. The molecule has 14 heteroatoms. The average molecular weight is 604 g/mol. The number of nitrogens with two attached hydrogens (primary N) is 1. The summed E-state index contributed by atoms with van der Waals surface area (Å²) in [4.78, 5) is 37.5. The molecule has 0 bridgehead atoms. The standard InChI is InChI=1S/C28H39F2N9O2S/c1-27(2)14-17(15-33-25(31)32-3)13-19-21(27)22(37-36-19)23(40)35-26-34-20(16-42-26)28(29,30)24(41)39-11-7-18(8-12-39)38-9-5-4-6-10-38/h15-16,18,26,34H,3-14H2,1-2H3,(H2,31,33)(H,35,40)(H,36,37)/b17-15+. The molecule has 1 atom stereocenters. The number of carbonyl (C=O) groups excluding carboxylic acids is 2. The van der Waals surface area contributed by atoms with Gasteiger partial charge in [0.2, 0.25) is 5.96 Å². The van der Waals surface area contributed by atoms with E-state index in [1.807, 2.05) is 13.8 Å². The van der Waals surface area contributed by atoms with E-state index in [1.165, 1.54) is 29.6 Å². The summed E-state index contributed by atoms with van der Waals surface area (Å²) in [7, 11) is 0. The number of amides is 2. The van der Waals surface area contributed by atoms with Gasteiger partial charge in [-0.1, -0.05) is 32.0 Å². The molecule has 0 spiro atoms. The van der Waals surface area contributed by atoms with Crippen LogP contribution in [-0.4, -0.2) is 88.1 Å². The second-order valence-electron chi connectivity index (χ2n) is 12.0. The SMILES string of the molecule is C=NC(N)=N/C=C1\Cc2[nH]nc(C(=O)NC3NC(C(F)(F)C(=O)N4CCC(N5CCCCC5)CC4)=CS3)c2C(C)(C)C1. The smallest absolute Gasteiger partial charge is 0.364 e. The molecule has 1 aromatic rings. The number of halogens is 2. The Labute approximate surface area is 248 Å². The quantitative estimate of drug-likeness (QED) is 0.289. The van der Waals surface area contributed by atoms with Crippen molar-refractivity contribution in [2.75, 3.05) is 26.2 Å². The van der Waals surface area contributed by atoms with Gasteiger partial charge in [-0.15, -0.1) is 0 Å². The van der Waals surface area contributed by atoms with Crippen LogP contribution in [0.5, 0.6) is 0 Å². The number of fused-ring (bicyclic) bond motifs is 1. The Balaban J connectivity index is 1.18. The van der Waals surface area contributed by atoms with Crippen molar-refractivity contribution in [2.24, 2.45) is 15.7 Å². The molecule has 4 heterocycles. The molecule has 0 saturated carbocycles. The fraction of sp³-hybridized carbons (Fsp3) is 0.607. The summed E-state index contributed by atoms with van der Waals surface area (Å²) in [5, 5.41) is 13.8. The van der Waals surface area contributed by atoms with Crippen LogP contribution in [0.15, 0.2) is 32.9 Å². The van der Waals surface area contributed by atoms with Crippen molar-refractivity contribution in [3.8, 4) is 0 Å². The first kappa shape index (κ1) is 30.2. The first-order chi connectivity index (χ1) is 20.0. The van der Waals surface area contributed by atoms with Gasteiger partial charge in [-0.25, -0.2) is 9.98 Å². The fourth-order valence-electron chi connectivity index (χ4n) is 6.43. The summed E-state index contributed by atoms with van der Waals surface area (Å²) in [6.45, 7) is 10.1. The van der Waals surface area contributed by atoms with Gasteiger partial charge in [-0.2, -0.15) is 13.9 Å². The van der Waals surface area contributed by atoms with Crippen LogP contribution in [0, 0.1) is 0 Å². The van der Waals surface area contributed by atoms with Gasteiger partial charge in [-0.3, -0.25) is 14.7 Å². The number of piperidine rings is 2. The third kappa shape index (κ3) is 6.24. The molecule has 1 aromatic heterocycles. The topological polar surface area (TPSA) is 144 Å². The molecule has 1 aliphatic carbocycles. The highest BCUT2D eigenvalue weighted by molar-refractivity contribution is 8.02. The average Bonchev–Trinajstić information content (AvgIpc) is 3.64. The summed E-state index contributed by atoms with van der Waals surface area (Å²) in [6.07, 6.45) is 7.75. The number of likely N-dealkylation sites (tertiary alicyclic amines) is 2. The molecule has 2 amide bonds. The number of allylic oxidation sites excluding steroid dienone is 1. The minimum Gasteiger partial charge on any atom is -0.368 e. The second-order valence-corrected chi connectivity index (χ2v) is 12.9. The van der Waals surface area contributed by atoms with E-state index < -0.39 is 34.3 Å². The molecule has 2 fully saturated rings. The van der Waals surface area contributed by atoms with Crippen molar-refractivity contribution in [2.45, 2.75) is 81.7 Å². The molecule has 2 saturated heterocycles. The van der Waals surface area contributed by atoms with Crippen molar-refractivity contribution < 1.29 is 18.4 Å². The number of hydrogen-bond acceptors (Lipinski definition) is 7. The van der Waals surface area contributed by atoms with E-state index in [4.69, 9.17) is 5.73 Å². The molecule has 5 N–H and O–H groups in total. The van der Waals surface area contributed by atoms with E-state index in [1.54, 1.807) is 6.20 Å². The number of alkyl halides is 2. The predicted octanol–water partition coefficient (Wildman–Crippen LogP) is 2.84. The Bertz CT molecular complexity index is 1310. The predicted molar refractivity (Wildman–Crippen MR) is 159 cm³/mol. The minimum atomic E-state index is -3.71. The number of H-pyrrole nitrogens is 1. The Morgan fingerprint density at radius 1 is 1.24 bits per heavy atom. The van der Waals surface area contributed by atoms with Crippen LogP contribution >= 0.6 is 11.8 Å². The van der Waals surface area contributed by atoms with Gasteiger partial charge >= 0.3 is 5.92 Å². The van der Waals surface area contributed by atoms with Gasteiger partial charge in [0.1, 0.15) is 0 Å². The highest BCUT2D eigenvalue weighted by Crippen LogP contribution is 2.40. The van der Waals surface area contributed by atoms with E-state index in [0.29, 0.717) is 44.8 Å². The van der Waals surface area contributed by atoms with Crippen LogP contribution in [0.25, 0.3) is 0 Å². The summed E-state index contributed by atoms with van der Waals surface area (Å²) >= 11 is 0.985. The van der Waals surface area contributed by atoms with Gasteiger partial charge in [0.15, 0.2) is 11.2 Å². The zero-order valence-electron chi connectivity index (χ0n) is 24.1. The van der Waals surface area contributed by atoms with Crippen molar-refractivity contribution >= 4 is 36.3 Å². The Morgan fingerprint density at radius 2 is 1.95 bits per heavy atom. The first-order valence-corrected chi connectivity index (χ1v) is 15.3. The molecule has 3 aliphatic heterocycles. The number of aliphatic imine (C=N–C) groups is 2. The number of hydrogen-bond donors (Lipinski definition) is 4. The maximum atomic E-state index is 15.3. The highest BCUT2D eigenvalue weighted by atomic mass is 32.2. The van der Waals surface area contributed by atoms with E-state index in [-0.39, 0.29) is 11.7 Å². The third-order valence-electron chi connectivity index (χ3n) is 8.48. The van der Waals surface area contributed by atoms with Crippen LogP contribution in [0.2, 0.25) is 0 Å². The lowest BCUT2D eigenvalue weighted by Gasteiger charge is -2.40. The first-order valence-electron chi connectivity index (χ1n) is 14.4. The fourth-order valence-corrected chi connectivity index (χ4v) is 7.29. The molecule has 0 aromatic carbocycles. The number of nitrogens with one attached hydrogen (secondary N) is 3. The number of guanidine groups is 1. The normalized spacial score (nSPS) is 24.6. The minimum absolute atomic E-state index is 0.0648. The molecule has 228 valence electrons. The summed E-state index contributed by atoms with van der Waals surface area (Å²) in [6, 6.07) is 0.351. The van der Waals surface area contributed by atoms with Gasteiger partial charge < -0.3 is 26.2 Å². The molecule has 5 rings (SSSR count). The molecule has 4 aliphatic rings. The zero-order chi connectivity index (χ0) is 30.1. The maximum absolute atomic E-state index is 15.3. The van der Waals surface area contributed by atoms with E-state index in [2.05, 4.69) is 42.4 Å². The van der Waals surface area contributed by atoms with Crippen LogP contribution in [0.4, 0.5) is 8.78 Å². The molecular formula is C28H39F2N9O2S. The molecule has 42 heavy (non-hydrogen) atoms. The summed E-state index contributed by atoms with van der Waals surface area (Å²) in [5.74, 6) is -5.35. The molecule has 1 unspecified atom stereocenters. The van der Waals surface area contributed by atoms with Crippen LogP contribution in [0.3, 0.4) is 0 Å². The highest BCUT2D eigenvalue weighted by Gasteiger charge is 2.49. The van der Waals surface area contributed by atoms with Crippen molar-refractivity contribution in [1.82, 2.24) is 30.6 Å². The van der Waals surface area contributed by atoms with Crippen LogP contribution in [0.1, 0.15) is 74.1 Å². The summed E-state index contributed by atoms with van der Waals surface area (Å²) in [5.41, 5.74) is 6.52. The second kappa shape index (κ2) is 12.2. The van der Waals surface area contributed by atoms with Crippen molar-refractivity contribution in [3.05, 3.63) is 39.8 Å². The Kier molecular flexibility index (Phi) is 8.74. The van der Waals surface area contributed by atoms with Crippen LogP contribution in [-0.2, 0) is 16.6 Å². The van der Waals surface area contributed by atoms with E-state index >= 15 is 8.78 Å². The monoisotopic (exact) mass is 603 g/mol. The lowest BCUT2D eigenvalue weighted by Crippen LogP contribution is -2.54. The van der Waals surface area contributed by atoms with E-state index in [9.17, 15) is 9.59 Å². The Hall–Kier alpha value is -3.26. The summed E-state index contributed by atoms with van der Waals surface area (Å²) < 4.78 is 30.7. The van der Waals surface area contributed by atoms with Crippen molar-refractivity contribution in [1.29, 1.82) is 0 Å². The van der Waals surface area contributed by atoms with Gasteiger partial charge in [0.05, 0.1) is 5.70 Å². The number of thioether (sulfide) groups is 1.